The second-order valence-electron chi connectivity index (χ2n) is 6.49. The van der Waals surface area contributed by atoms with Gasteiger partial charge in [-0.15, -0.1) is 0 Å². The van der Waals surface area contributed by atoms with Crippen LogP contribution in [0.1, 0.15) is 21.9 Å². The van der Waals surface area contributed by atoms with Crippen LogP contribution in [-0.4, -0.2) is 38.0 Å². The molecule has 0 atom stereocenters. The number of carboxylic acids is 1. The number of hydrazone groups is 1. The summed E-state index contributed by atoms with van der Waals surface area (Å²) in [6.07, 6.45) is 2.93. The normalized spacial score (nSPS) is 17.0. The highest BCUT2D eigenvalue weighted by Crippen LogP contribution is 2.31. The Morgan fingerprint density at radius 2 is 2.03 bits per heavy atom. The van der Waals surface area contributed by atoms with Gasteiger partial charge in [-0.2, -0.15) is 15.1 Å². The van der Waals surface area contributed by atoms with Crippen molar-refractivity contribution in [3.63, 3.8) is 0 Å². The molecule has 0 saturated heterocycles. The number of hydrogen-bond donors (Lipinski definition) is 2. The van der Waals surface area contributed by atoms with Crippen molar-refractivity contribution in [1.82, 2.24) is 5.01 Å². The van der Waals surface area contributed by atoms with E-state index >= 15 is 0 Å². The zero-order chi connectivity index (χ0) is 21.5. The smallest absolute Gasteiger partial charge is 0.335 e. The fourth-order valence-electron chi connectivity index (χ4n) is 3.03. The zero-order valence-electron chi connectivity index (χ0n) is 15.6. The lowest BCUT2D eigenvalue weighted by molar-refractivity contribution is -0.114. The number of furan rings is 2. The number of aliphatic imine (C=N–C) groups is 1. The first kappa shape index (κ1) is 18.8. The lowest BCUT2D eigenvalue weighted by Gasteiger charge is -2.19. The SMILES string of the molecule is N=C1/C(=C/c2ccc(-c3cccc(C(=O)O)c3)o2)C(=O)N=C2SC(c3ccco3)=NN12. The average Bonchev–Trinajstić information content (AvgIpc) is 3.51. The first-order valence-corrected chi connectivity index (χ1v) is 9.79. The average molecular weight is 432 g/mol. The van der Waals surface area contributed by atoms with Gasteiger partial charge in [-0.1, -0.05) is 12.1 Å². The van der Waals surface area contributed by atoms with Gasteiger partial charge >= 0.3 is 5.97 Å². The lowest BCUT2D eigenvalue weighted by Crippen LogP contribution is -2.35. The number of carboxylic acid groups (broad SMARTS) is 1. The molecule has 0 aliphatic carbocycles. The molecule has 4 heterocycles. The van der Waals surface area contributed by atoms with Crippen molar-refractivity contribution in [2.45, 2.75) is 0 Å². The van der Waals surface area contributed by atoms with Crippen LogP contribution in [0.25, 0.3) is 17.4 Å². The first-order chi connectivity index (χ1) is 15.0. The van der Waals surface area contributed by atoms with E-state index in [1.807, 2.05) is 0 Å². The molecule has 0 spiro atoms. The molecule has 1 amide bonds. The summed E-state index contributed by atoms with van der Waals surface area (Å²) >= 11 is 1.15. The topological polar surface area (TPSA) is 132 Å². The Morgan fingerprint density at radius 3 is 2.81 bits per heavy atom. The molecule has 31 heavy (non-hydrogen) atoms. The Kier molecular flexibility index (Phi) is 4.41. The number of thioether (sulfide) groups is 1. The Balaban J connectivity index is 1.44. The number of nitrogens with one attached hydrogen (secondary N) is 1. The molecule has 3 aromatic rings. The third-order valence-corrected chi connectivity index (χ3v) is 5.42. The summed E-state index contributed by atoms with van der Waals surface area (Å²) < 4.78 is 11.1. The van der Waals surface area contributed by atoms with Crippen molar-refractivity contribution >= 4 is 45.8 Å². The van der Waals surface area contributed by atoms with E-state index in [-0.39, 0.29) is 22.1 Å². The summed E-state index contributed by atoms with van der Waals surface area (Å²) in [7, 11) is 0. The summed E-state index contributed by atoms with van der Waals surface area (Å²) in [5, 5.41) is 23.9. The predicted molar refractivity (Wildman–Crippen MR) is 114 cm³/mol. The Morgan fingerprint density at radius 1 is 1.16 bits per heavy atom. The monoisotopic (exact) mass is 432 g/mol. The van der Waals surface area contributed by atoms with Gasteiger partial charge < -0.3 is 13.9 Å². The summed E-state index contributed by atoms with van der Waals surface area (Å²) in [6.45, 7) is 0. The van der Waals surface area contributed by atoms with Crippen LogP contribution in [0.3, 0.4) is 0 Å². The standard InChI is InChI=1S/C21H12N4O5S/c22-17-14(18(26)23-21-25(17)24-19(31-21)16-5-2-8-29-16)10-13-6-7-15(30-13)11-3-1-4-12(9-11)20(27)28/h1-10,22H,(H,27,28)/b14-10-,22-17?. The molecule has 2 aromatic heterocycles. The van der Waals surface area contributed by atoms with Crippen LogP contribution in [0.5, 0.6) is 0 Å². The van der Waals surface area contributed by atoms with Gasteiger partial charge in [-0.3, -0.25) is 10.2 Å². The fourth-order valence-corrected chi connectivity index (χ4v) is 3.88. The molecule has 10 heteroatoms. The lowest BCUT2D eigenvalue weighted by atomic mass is 10.1. The second-order valence-corrected chi connectivity index (χ2v) is 7.45. The van der Waals surface area contributed by atoms with Crippen LogP contribution >= 0.6 is 11.8 Å². The van der Waals surface area contributed by atoms with E-state index in [2.05, 4.69) is 10.1 Å². The van der Waals surface area contributed by atoms with Gasteiger partial charge in [0.25, 0.3) is 5.91 Å². The molecule has 0 bridgehead atoms. The maximum atomic E-state index is 12.5. The molecule has 1 aromatic carbocycles. The predicted octanol–water partition coefficient (Wildman–Crippen LogP) is 3.91. The van der Waals surface area contributed by atoms with Crippen LogP contribution in [0, 0.1) is 5.41 Å². The summed E-state index contributed by atoms with van der Waals surface area (Å²) in [4.78, 5) is 27.7. The minimum atomic E-state index is -1.04. The fraction of sp³-hybridized carbons (Fsp3) is 0. The Bertz CT molecular complexity index is 1330. The van der Waals surface area contributed by atoms with E-state index in [0.717, 1.165) is 11.8 Å². The molecule has 2 aliphatic rings. The van der Waals surface area contributed by atoms with E-state index in [1.165, 1.54) is 29.5 Å². The van der Waals surface area contributed by atoms with Crippen LogP contribution in [0.4, 0.5) is 0 Å². The van der Waals surface area contributed by atoms with E-state index < -0.39 is 11.9 Å². The van der Waals surface area contributed by atoms with Gasteiger partial charge in [0.05, 0.1) is 17.4 Å². The van der Waals surface area contributed by atoms with Gasteiger partial charge in [0.1, 0.15) is 11.5 Å². The van der Waals surface area contributed by atoms with Crippen molar-refractivity contribution < 1.29 is 23.5 Å². The highest BCUT2D eigenvalue weighted by Gasteiger charge is 2.36. The number of amidine groups is 2. The summed E-state index contributed by atoms with van der Waals surface area (Å²) in [5.74, 6) is -0.468. The van der Waals surface area contributed by atoms with Crippen LogP contribution < -0.4 is 0 Å². The quantitative estimate of drug-likeness (QED) is 0.597. The molecule has 0 fully saturated rings. The molecular weight excluding hydrogens is 420 g/mol. The number of benzene rings is 1. The summed E-state index contributed by atoms with van der Waals surface area (Å²) in [6, 6.07) is 13.1. The number of fused-ring (bicyclic) bond motifs is 1. The third kappa shape index (κ3) is 3.38. The summed E-state index contributed by atoms with van der Waals surface area (Å²) in [5.41, 5.74) is 0.740. The van der Waals surface area contributed by atoms with Gasteiger partial charge in [0.15, 0.2) is 16.6 Å². The van der Waals surface area contributed by atoms with Gasteiger partial charge in [0, 0.05) is 5.56 Å². The van der Waals surface area contributed by atoms with Gasteiger partial charge in [-0.05, 0) is 54.2 Å². The molecule has 5 rings (SSSR count). The number of carbonyl (C=O) groups is 2. The maximum Gasteiger partial charge on any atom is 0.335 e. The molecule has 2 aliphatic heterocycles. The second kappa shape index (κ2) is 7.26. The number of hydrogen-bond acceptors (Lipinski definition) is 7. The van der Waals surface area contributed by atoms with Gasteiger partial charge in [-0.25, -0.2) is 4.79 Å². The Hall–Kier alpha value is -4.18. The molecule has 0 saturated carbocycles. The molecule has 9 nitrogen and oxygen atoms in total. The number of nitrogens with zero attached hydrogens (tertiary/aromatic N) is 3. The molecular formula is C21H12N4O5S. The number of carbonyl (C=O) groups excluding carboxylic acids is 1. The van der Waals surface area contributed by atoms with E-state index in [0.29, 0.717) is 27.9 Å². The maximum absolute atomic E-state index is 12.5. The minimum absolute atomic E-state index is 0.0222. The van der Waals surface area contributed by atoms with Crippen LogP contribution in [0.2, 0.25) is 0 Å². The highest BCUT2D eigenvalue weighted by molar-refractivity contribution is 8.27. The molecule has 2 N–H and O–H groups in total. The van der Waals surface area contributed by atoms with Gasteiger partial charge in [0.2, 0.25) is 5.17 Å². The van der Waals surface area contributed by atoms with Crippen molar-refractivity contribution in [2.75, 3.05) is 0 Å². The molecule has 152 valence electrons. The largest absolute Gasteiger partial charge is 0.478 e. The van der Waals surface area contributed by atoms with Crippen LogP contribution in [0.15, 0.2) is 79.3 Å². The number of aromatic carboxylic acids is 1. The number of rotatable bonds is 4. The zero-order valence-corrected chi connectivity index (χ0v) is 16.4. The molecule has 0 radical (unpaired) electrons. The minimum Gasteiger partial charge on any atom is -0.478 e. The Labute approximate surface area is 178 Å². The highest BCUT2D eigenvalue weighted by atomic mass is 32.2. The van der Waals surface area contributed by atoms with Crippen molar-refractivity contribution in [3.05, 3.63) is 77.5 Å². The van der Waals surface area contributed by atoms with Crippen molar-refractivity contribution in [3.8, 4) is 11.3 Å². The third-order valence-electron chi connectivity index (χ3n) is 4.49. The van der Waals surface area contributed by atoms with Crippen LogP contribution in [-0.2, 0) is 4.79 Å². The number of amides is 1. The van der Waals surface area contributed by atoms with Crippen molar-refractivity contribution in [1.29, 1.82) is 5.41 Å². The van der Waals surface area contributed by atoms with E-state index in [4.69, 9.17) is 19.4 Å². The van der Waals surface area contributed by atoms with E-state index in [1.54, 1.807) is 36.4 Å². The first-order valence-electron chi connectivity index (χ1n) is 8.97. The molecule has 0 unspecified atom stereocenters. The van der Waals surface area contributed by atoms with E-state index in [9.17, 15) is 9.59 Å². The van der Waals surface area contributed by atoms with Crippen molar-refractivity contribution in [2.24, 2.45) is 10.1 Å².